The molecular formula is C16H20N4OS. The number of azo groups is 1. The lowest BCUT2D eigenvalue weighted by Gasteiger charge is -2.38. The number of hydrogen-bond acceptors (Lipinski definition) is 5. The van der Waals surface area contributed by atoms with E-state index in [4.69, 9.17) is 17.0 Å². The van der Waals surface area contributed by atoms with Crippen LogP contribution in [0.2, 0.25) is 0 Å². The lowest BCUT2D eigenvalue weighted by Crippen LogP contribution is -2.49. The van der Waals surface area contributed by atoms with E-state index in [1.807, 2.05) is 31.2 Å². The van der Waals surface area contributed by atoms with Crippen molar-refractivity contribution in [2.75, 3.05) is 37.7 Å². The molecule has 2 aliphatic rings. The van der Waals surface area contributed by atoms with Crippen molar-refractivity contribution in [3.8, 4) is 5.75 Å². The maximum Gasteiger partial charge on any atom is 0.148 e. The number of benzene rings is 1. The molecule has 0 spiro atoms. The number of hydrogen-bond donors (Lipinski definition) is 0. The van der Waals surface area contributed by atoms with Crippen molar-refractivity contribution in [2.24, 2.45) is 10.2 Å². The molecule has 1 aromatic carbocycles. The van der Waals surface area contributed by atoms with Crippen LogP contribution < -0.4 is 9.64 Å². The van der Waals surface area contributed by atoms with Crippen molar-refractivity contribution in [3.05, 3.63) is 36.4 Å². The Labute approximate surface area is 136 Å². The van der Waals surface area contributed by atoms with Crippen molar-refractivity contribution < 1.29 is 4.74 Å². The van der Waals surface area contributed by atoms with E-state index < -0.39 is 0 Å². The smallest absolute Gasteiger partial charge is 0.148 e. The topological polar surface area (TPSA) is 40.4 Å². The van der Waals surface area contributed by atoms with Gasteiger partial charge in [0, 0.05) is 26.2 Å². The molecule has 22 heavy (non-hydrogen) atoms. The first-order chi connectivity index (χ1) is 10.8. The van der Waals surface area contributed by atoms with E-state index in [0.717, 1.165) is 31.9 Å². The van der Waals surface area contributed by atoms with Crippen molar-refractivity contribution in [3.63, 3.8) is 0 Å². The van der Waals surface area contributed by atoms with Crippen LogP contribution in [0.3, 0.4) is 0 Å². The minimum Gasteiger partial charge on any atom is -0.492 e. The Morgan fingerprint density at radius 3 is 2.68 bits per heavy atom. The highest BCUT2D eigenvalue weighted by molar-refractivity contribution is 7.80. The molecule has 0 N–H and O–H groups in total. The summed E-state index contributed by atoms with van der Waals surface area (Å²) in [6.07, 6.45) is 3.92. The Hall–Kier alpha value is -1.79. The van der Waals surface area contributed by atoms with E-state index in [-0.39, 0.29) is 6.17 Å². The summed E-state index contributed by atoms with van der Waals surface area (Å²) in [6, 6.07) is 8.23. The zero-order valence-corrected chi connectivity index (χ0v) is 13.5. The van der Waals surface area contributed by atoms with Gasteiger partial charge in [0.1, 0.15) is 16.9 Å². The maximum absolute atomic E-state index is 5.73. The number of para-hydroxylation sites is 2. The summed E-state index contributed by atoms with van der Waals surface area (Å²) in [4.78, 5) is 5.25. The van der Waals surface area contributed by atoms with Gasteiger partial charge in [-0.2, -0.15) is 5.11 Å². The number of ether oxygens (including phenoxy) is 1. The van der Waals surface area contributed by atoms with Gasteiger partial charge in [-0.15, -0.1) is 5.11 Å². The molecule has 2 heterocycles. The lowest BCUT2D eigenvalue weighted by molar-refractivity contribution is 0.215. The van der Waals surface area contributed by atoms with Gasteiger partial charge >= 0.3 is 0 Å². The summed E-state index contributed by atoms with van der Waals surface area (Å²) in [5.41, 5.74) is 1.17. The largest absolute Gasteiger partial charge is 0.492 e. The molecule has 0 radical (unpaired) electrons. The van der Waals surface area contributed by atoms with Crippen LogP contribution in [0.5, 0.6) is 5.75 Å². The van der Waals surface area contributed by atoms with Crippen LogP contribution in [0.4, 0.5) is 5.69 Å². The molecule has 116 valence electrons. The van der Waals surface area contributed by atoms with Crippen LogP contribution in [0.25, 0.3) is 0 Å². The fourth-order valence-electron chi connectivity index (χ4n) is 2.77. The van der Waals surface area contributed by atoms with Crippen LogP contribution >= 0.6 is 12.2 Å². The molecule has 0 saturated carbocycles. The molecule has 6 heteroatoms. The summed E-state index contributed by atoms with van der Waals surface area (Å²) in [7, 11) is 0. The summed E-state index contributed by atoms with van der Waals surface area (Å²) >= 11 is 4.99. The van der Waals surface area contributed by atoms with E-state index in [0.29, 0.717) is 11.6 Å². The highest BCUT2D eigenvalue weighted by atomic mass is 32.1. The summed E-state index contributed by atoms with van der Waals surface area (Å²) in [6.45, 7) is 6.50. The van der Waals surface area contributed by atoms with E-state index in [1.165, 1.54) is 5.69 Å². The van der Waals surface area contributed by atoms with Gasteiger partial charge in [-0.05, 0) is 31.2 Å². The highest BCUT2D eigenvalue weighted by Crippen LogP contribution is 2.29. The van der Waals surface area contributed by atoms with E-state index in [9.17, 15) is 0 Å². The second-order valence-electron chi connectivity index (χ2n) is 5.25. The predicted octanol–water partition coefficient (Wildman–Crippen LogP) is 2.88. The number of nitrogens with zero attached hydrogens (tertiary/aromatic N) is 4. The van der Waals surface area contributed by atoms with Crippen LogP contribution in [-0.2, 0) is 0 Å². The normalized spacial score (nSPS) is 22.1. The zero-order valence-electron chi connectivity index (χ0n) is 12.7. The molecule has 2 aliphatic heterocycles. The Kier molecular flexibility index (Phi) is 4.80. The van der Waals surface area contributed by atoms with E-state index >= 15 is 0 Å². The van der Waals surface area contributed by atoms with E-state index in [1.54, 1.807) is 0 Å². The first-order valence-electron chi connectivity index (χ1n) is 7.62. The Morgan fingerprint density at radius 1 is 1.23 bits per heavy atom. The molecule has 1 aromatic rings. The van der Waals surface area contributed by atoms with Gasteiger partial charge in [-0.25, -0.2) is 0 Å². The fraction of sp³-hybridized carbons (Fsp3) is 0.438. The van der Waals surface area contributed by atoms with Crippen molar-refractivity contribution in [2.45, 2.75) is 13.1 Å². The number of piperazine rings is 1. The van der Waals surface area contributed by atoms with Crippen molar-refractivity contribution in [1.29, 1.82) is 0 Å². The standard InChI is InChI=1S/C16H20N4OS/c1-2-21-14-6-4-3-5-13(14)19-9-11-20(12-10-19)15-7-8-16(22)18-17-15/h3-8,15H,2,9-12H2,1H3. The second kappa shape index (κ2) is 6.98. The maximum atomic E-state index is 5.73. The molecule has 1 saturated heterocycles. The molecular weight excluding hydrogens is 296 g/mol. The number of thiocarbonyl (C=S) groups is 1. The molecule has 0 bridgehead atoms. The Bertz CT molecular complexity index is 578. The van der Waals surface area contributed by atoms with Gasteiger partial charge in [-0.3, -0.25) is 4.90 Å². The molecule has 0 aromatic heterocycles. The minimum atomic E-state index is 0.0241. The van der Waals surface area contributed by atoms with Crippen molar-refractivity contribution in [1.82, 2.24) is 4.90 Å². The molecule has 0 aliphatic carbocycles. The van der Waals surface area contributed by atoms with Crippen LogP contribution in [0.1, 0.15) is 6.92 Å². The fourth-order valence-corrected chi connectivity index (χ4v) is 2.90. The average Bonchev–Trinajstić information content (AvgIpc) is 2.57. The second-order valence-corrected chi connectivity index (χ2v) is 5.67. The first kappa shape index (κ1) is 15.1. The SMILES string of the molecule is CCOc1ccccc1N1CCN(C2C=CC(=S)N=N2)CC1. The summed E-state index contributed by atoms with van der Waals surface area (Å²) in [5, 5.41) is 8.26. The lowest BCUT2D eigenvalue weighted by atomic mass is 10.2. The van der Waals surface area contributed by atoms with Crippen LogP contribution in [0, 0.1) is 0 Å². The molecule has 0 amide bonds. The third kappa shape index (κ3) is 3.34. The van der Waals surface area contributed by atoms with Gasteiger partial charge < -0.3 is 9.64 Å². The third-order valence-corrected chi connectivity index (χ3v) is 4.10. The van der Waals surface area contributed by atoms with Gasteiger partial charge in [0.2, 0.25) is 0 Å². The van der Waals surface area contributed by atoms with Gasteiger partial charge in [0.15, 0.2) is 0 Å². The Morgan fingerprint density at radius 2 is 2.00 bits per heavy atom. The van der Waals surface area contributed by atoms with Gasteiger partial charge in [-0.1, -0.05) is 24.4 Å². The quantitative estimate of drug-likeness (QED) is 0.801. The molecule has 1 atom stereocenters. The first-order valence-corrected chi connectivity index (χ1v) is 8.02. The number of anilines is 1. The van der Waals surface area contributed by atoms with Crippen molar-refractivity contribution >= 4 is 22.9 Å². The van der Waals surface area contributed by atoms with E-state index in [2.05, 4.69) is 32.2 Å². The molecule has 1 fully saturated rings. The van der Waals surface area contributed by atoms with Crippen LogP contribution in [-0.4, -0.2) is 48.8 Å². The monoisotopic (exact) mass is 316 g/mol. The third-order valence-electron chi connectivity index (χ3n) is 3.88. The zero-order chi connectivity index (χ0) is 15.4. The number of rotatable bonds is 4. The molecule has 1 unspecified atom stereocenters. The highest BCUT2D eigenvalue weighted by Gasteiger charge is 2.24. The molecule has 3 rings (SSSR count). The summed E-state index contributed by atoms with van der Waals surface area (Å²) < 4.78 is 5.73. The summed E-state index contributed by atoms with van der Waals surface area (Å²) in [5.74, 6) is 0.959. The van der Waals surface area contributed by atoms with Gasteiger partial charge in [0.25, 0.3) is 0 Å². The molecule has 5 nitrogen and oxygen atoms in total. The van der Waals surface area contributed by atoms with Gasteiger partial charge in [0.05, 0.1) is 12.3 Å². The Balaban J connectivity index is 1.64. The van der Waals surface area contributed by atoms with Crippen LogP contribution in [0.15, 0.2) is 46.6 Å². The predicted molar refractivity (Wildman–Crippen MR) is 91.8 cm³/mol. The average molecular weight is 316 g/mol. The minimum absolute atomic E-state index is 0.0241.